The van der Waals surface area contributed by atoms with Crippen LogP contribution in [0.15, 0.2) is 59.1 Å². The molecule has 0 atom stereocenters. The van der Waals surface area contributed by atoms with E-state index in [4.69, 9.17) is 16.0 Å². The van der Waals surface area contributed by atoms with Gasteiger partial charge in [0.2, 0.25) is 5.89 Å². The van der Waals surface area contributed by atoms with E-state index in [2.05, 4.69) is 15.3 Å². The van der Waals surface area contributed by atoms with Crippen LogP contribution in [0.3, 0.4) is 0 Å². The van der Waals surface area contributed by atoms with Crippen LogP contribution in [0.2, 0.25) is 5.02 Å². The molecule has 27 heavy (non-hydrogen) atoms. The first-order valence-corrected chi connectivity index (χ1v) is 8.79. The molecule has 0 radical (unpaired) electrons. The average molecular weight is 378 g/mol. The first-order valence-electron chi connectivity index (χ1n) is 8.41. The molecule has 0 saturated carbocycles. The summed E-state index contributed by atoms with van der Waals surface area (Å²) in [5.41, 5.74) is 4.94. The molecule has 6 heteroatoms. The van der Waals surface area contributed by atoms with Gasteiger partial charge in [-0.05, 0) is 61.4 Å². The number of carbonyl (C=O) groups is 1. The number of nitrogens with one attached hydrogen (secondary N) is 1. The van der Waals surface area contributed by atoms with E-state index >= 15 is 0 Å². The van der Waals surface area contributed by atoms with Crippen LogP contribution in [-0.4, -0.2) is 15.9 Å². The number of oxazole rings is 1. The molecule has 0 bridgehead atoms. The van der Waals surface area contributed by atoms with Gasteiger partial charge in [-0.25, -0.2) is 4.98 Å². The Hall–Kier alpha value is -3.18. The molecule has 134 valence electrons. The predicted molar refractivity (Wildman–Crippen MR) is 106 cm³/mol. The highest BCUT2D eigenvalue weighted by Gasteiger charge is 2.14. The summed E-state index contributed by atoms with van der Waals surface area (Å²) in [6, 6.07) is 14.6. The minimum Gasteiger partial charge on any atom is -0.434 e. The fourth-order valence-corrected chi connectivity index (χ4v) is 3.10. The smallest absolute Gasteiger partial charge is 0.257 e. The van der Waals surface area contributed by atoms with Gasteiger partial charge < -0.3 is 9.73 Å². The third-order valence-corrected chi connectivity index (χ3v) is 4.58. The van der Waals surface area contributed by atoms with Crippen molar-refractivity contribution >= 4 is 34.4 Å². The van der Waals surface area contributed by atoms with E-state index in [-0.39, 0.29) is 5.91 Å². The van der Waals surface area contributed by atoms with Crippen LogP contribution in [0, 0.1) is 13.8 Å². The van der Waals surface area contributed by atoms with Crippen molar-refractivity contribution in [2.24, 2.45) is 0 Å². The molecule has 0 aliphatic carbocycles. The van der Waals surface area contributed by atoms with Gasteiger partial charge in [-0.1, -0.05) is 23.7 Å². The van der Waals surface area contributed by atoms with Gasteiger partial charge in [-0.3, -0.25) is 4.79 Å². The molecule has 0 aliphatic heterocycles. The van der Waals surface area contributed by atoms with Crippen molar-refractivity contribution in [2.45, 2.75) is 13.8 Å². The highest BCUT2D eigenvalue weighted by molar-refractivity contribution is 6.34. The van der Waals surface area contributed by atoms with Crippen molar-refractivity contribution < 1.29 is 9.21 Å². The largest absolute Gasteiger partial charge is 0.434 e. The monoisotopic (exact) mass is 377 g/mol. The maximum atomic E-state index is 12.6. The van der Waals surface area contributed by atoms with Gasteiger partial charge in [0, 0.05) is 17.4 Å². The van der Waals surface area contributed by atoms with Gasteiger partial charge in [0.05, 0.1) is 10.6 Å². The zero-order valence-electron chi connectivity index (χ0n) is 14.8. The molecule has 2 aromatic heterocycles. The summed E-state index contributed by atoms with van der Waals surface area (Å²) in [5, 5.41) is 3.34. The van der Waals surface area contributed by atoms with Crippen molar-refractivity contribution in [2.75, 3.05) is 5.32 Å². The first-order chi connectivity index (χ1) is 13.0. The van der Waals surface area contributed by atoms with Crippen molar-refractivity contribution in [3.8, 4) is 11.5 Å². The fraction of sp³-hybridized carbons (Fsp3) is 0.0952. The third kappa shape index (κ3) is 3.41. The molecule has 1 amide bonds. The van der Waals surface area contributed by atoms with E-state index < -0.39 is 0 Å². The minimum absolute atomic E-state index is 0.264. The number of hydrogen-bond donors (Lipinski definition) is 1. The Morgan fingerprint density at radius 1 is 1.11 bits per heavy atom. The lowest BCUT2D eigenvalue weighted by molar-refractivity contribution is 0.102. The zero-order chi connectivity index (χ0) is 19.0. The average Bonchev–Trinajstić information content (AvgIpc) is 3.07. The van der Waals surface area contributed by atoms with Crippen LogP contribution >= 0.6 is 11.6 Å². The van der Waals surface area contributed by atoms with Crippen molar-refractivity contribution in [1.82, 2.24) is 9.97 Å². The van der Waals surface area contributed by atoms with Crippen LogP contribution in [0.25, 0.3) is 22.7 Å². The molecule has 4 rings (SSSR count). The Bertz CT molecular complexity index is 1130. The van der Waals surface area contributed by atoms with Gasteiger partial charge >= 0.3 is 0 Å². The lowest BCUT2D eigenvalue weighted by Gasteiger charge is -2.11. The van der Waals surface area contributed by atoms with E-state index in [0.29, 0.717) is 33.4 Å². The Morgan fingerprint density at radius 3 is 2.74 bits per heavy atom. The molecule has 4 aromatic rings. The first kappa shape index (κ1) is 17.2. The van der Waals surface area contributed by atoms with Crippen LogP contribution in [0.1, 0.15) is 21.5 Å². The Morgan fingerprint density at radius 2 is 1.96 bits per heavy atom. The summed E-state index contributed by atoms with van der Waals surface area (Å²) in [7, 11) is 0. The number of carbonyl (C=O) groups excluding carboxylic acids is 1. The number of anilines is 1. The minimum atomic E-state index is -0.264. The number of hydrogen-bond acceptors (Lipinski definition) is 4. The van der Waals surface area contributed by atoms with E-state index in [1.807, 2.05) is 44.2 Å². The molecule has 1 N–H and O–H groups in total. The van der Waals surface area contributed by atoms with Gasteiger partial charge in [-0.15, -0.1) is 0 Å². The number of fused-ring (bicyclic) bond motifs is 1. The summed E-state index contributed by atoms with van der Waals surface area (Å²) < 4.78 is 5.76. The number of halogens is 1. The number of nitrogens with zero attached hydrogens (tertiary/aromatic N) is 2. The molecule has 0 spiro atoms. The van der Waals surface area contributed by atoms with Crippen molar-refractivity contribution in [1.29, 1.82) is 0 Å². The molecule has 2 heterocycles. The number of pyridine rings is 1. The Kier molecular flexibility index (Phi) is 4.38. The Balaban J connectivity index is 1.67. The fourth-order valence-electron chi connectivity index (χ4n) is 2.78. The van der Waals surface area contributed by atoms with Crippen molar-refractivity contribution in [3.05, 3.63) is 76.4 Å². The summed E-state index contributed by atoms with van der Waals surface area (Å²) >= 11 is 6.21. The number of amides is 1. The SMILES string of the molecule is Cc1ccc(C(=O)Nc2cc(-c3nc4ncccc4o3)ccc2C)c(Cl)c1. The van der Waals surface area contributed by atoms with Gasteiger partial charge in [0.1, 0.15) is 0 Å². The highest BCUT2D eigenvalue weighted by atomic mass is 35.5. The molecule has 0 fully saturated rings. The second-order valence-corrected chi connectivity index (χ2v) is 6.72. The molecule has 0 saturated heterocycles. The molecule has 0 unspecified atom stereocenters. The van der Waals surface area contributed by atoms with E-state index in [1.54, 1.807) is 24.4 Å². The van der Waals surface area contributed by atoms with Crippen molar-refractivity contribution in [3.63, 3.8) is 0 Å². The lowest BCUT2D eigenvalue weighted by Crippen LogP contribution is -2.13. The highest BCUT2D eigenvalue weighted by Crippen LogP contribution is 2.28. The maximum Gasteiger partial charge on any atom is 0.257 e. The molecule has 0 aliphatic rings. The molecular weight excluding hydrogens is 362 g/mol. The predicted octanol–water partition coefficient (Wildman–Crippen LogP) is 5.41. The van der Waals surface area contributed by atoms with Gasteiger partial charge in [0.15, 0.2) is 11.2 Å². The molecular formula is C21H16ClN3O2. The summed E-state index contributed by atoms with van der Waals surface area (Å²) in [5.74, 6) is 0.187. The normalized spacial score (nSPS) is 10.9. The van der Waals surface area contributed by atoms with E-state index in [1.165, 1.54) is 0 Å². The summed E-state index contributed by atoms with van der Waals surface area (Å²) in [6.45, 7) is 3.85. The topological polar surface area (TPSA) is 68.0 Å². The molecule has 5 nitrogen and oxygen atoms in total. The van der Waals surface area contributed by atoms with Crippen LogP contribution in [0.4, 0.5) is 5.69 Å². The van der Waals surface area contributed by atoms with E-state index in [0.717, 1.165) is 16.7 Å². The van der Waals surface area contributed by atoms with Crippen LogP contribution < -0.4 is 5.32 Å². The second-order valence-electron chi connectivity index (χ2n) is 6.31. The lowest BCUT2D eigenvalue weighted by atomic mass is 10.1. The van der Waals surface area contributed by atoms with Crippen LogP contribution in [0.5, 0.6) is 0 Å². The number of aromatic nitrogens is 2. The van der Waals surface area contributed by atoms with Crippen LogP contribution in [-0.2, 0) is 0 Å². The van der Waals surface area contributed by atoms with Gasteiger partial charge in [0.25, 0.3) is 5.91 Å². The summed E-state index contributed by atoms with van der Waals surface area (Å²) in [4.78, 5) is 21.2. The number of rotatable bonds is 3. The zero-order valence-corrected chi connectivity index (χ0v) is 15.5. The number of aryl methyl sites for hydroxylation is 2. The molecule has 2 aromatic carbocycles. The standard InChI is InChI=1S/C21H16ClN3O2/c1-12-5-8-15(16(22)10-12)20(26)24-17-11-14(7-6-13(17)2)21-25-19-18(27-21)4-3-9-23-19/h3-11H,1-2H3,(H,24,26). The number of benzene rings is 2. The summed E-state index contributed by atoms with van der Waals surface area (Å²) in [6.07, 6.45) is 1.67. The Labute approximate surface area is 161 Å². The maximum absolute atomic E-state index is 12.6. The third-order valence-electron chi connectivity index (χ3n) is 4.27. The quantitative estimate of drug-likeness (QED) is 0.518. The second kappa shape index (κ2) is 6.85. The van der Waals surface area contributed by atoms with E-state index in [9.17, 15) is 4.79 Å². The van der Waals surface area contributed by atoms with Gasteiger partial charge in [-0.2, -0.15) is 4.98 Å².